The predicted octanol–water partition coefficient (Wildman–Crippen LogP) is 4.76. The highest BCUT2D eigenvalue weighted by atomic mass is 79.9. The Kier molecular flexibility index (Phi) is 4.26. The summed E-state index contributed by atoms with van der Waals surface area (Å²) in [5.41, 5.74) is 1.79. The van der Waals surface area contributed by atoms with Crippen LogP contribution in [0.5, 0.6) is 0 Å². The minimum Gasteiger partial charge on any atom is -0.379 e. The zero-order chi connectivity index (χ0) is 12.3. The molecule has 0 aliphatic rings. The van der Waals surface area contributed by atoms with Crippen LogP contribution in [0.1, 0.15) is 5.56 Å². The SMILES string of the molecule is Clc1cccc(Cl)c1CNc1cccnc1Br. The maximum absolute atomic E-state index is 6.08. The fraction of sp³-hybridized carbons (Fsp3) is 0.0833. The largest absolute Gasteiger partial charge is 0.379 e. The van der Waals surface area contributed by atoms with Crippen LogP contribution in [0.2, 0.25) is 10.0 Å². The summed E-state index contributed by atoms with van der Waals surface area (Å²) in [5, 5.41) is 4.55. The standard InChI is InChI=1S/C12H9BrCl2N2/c13-12-11(5-2-6-16-12)17-7-8-9(14)3-1-4-10(8)15/h1-6,17H,7H2. The maximum Gasteiger partial charge on any atom is 0.129 e. The Morgan fingerprint density at radius 3 is 2.47 bits per heavy atom. The molecule has 0 aliphatic heterocycles. The lowest BCUT2D eigenvalue weighted by Crippen LogP contribution is -2.02. The van der Waals surface area contributed by atoms with Crippen LogP contribution in [0.4, 0.5) is 5.69 Å². The molecule has 2 rings (SSSR count). The van der Waals surface area contributed by atoms with Gasteiger partial charge in [0.2, 0.25) is 0 Å². The van der Waals surface area contributed by atoms with E-state index in [0.29, 0.717) is 16.6 Å². The number of aromatic nitrogens is 1. The molecule has 0 atom stereocenters. The van der Waals surface area contributed by atoms with Gasteiger partial charge >= 0.3 is 0 Å². The Balaban J connectivity index is 2.16. The number of hydrogen-bond donors (Lipinski definition) is 1. The lowest BCUT2D eigenvalue weighted by molar-refractivity contribution is 1.13. The molecule has 0 aliphatic carbocycles. The van der Waals surface area contributed by atoms with Gasteiger partial charge < -0.3 is 5.32 Å². The van der Waals surface area contributed by atoms with Crippen molar-refractivity contribution in [1.29, 1.82) is 0 Å². The van der Waals surface area contributed by atoms with Gasteiger partial charge in [0.05, 0.1) is 5.69 Å². The molecule has 0 fully saturated rings. The molecule has 1 aromatic heterocycles. The third kappa shape index (κ3) is 3.12. The average molecular weight is 332 g/mol. The number of pyridine rings is 1. The van der Waals surface area contributed by atoms with Crippen LogP contribution in [0.3, 0.4) is 0 Å². The summed E-state index contributed by atoms with van der Waals surface area (Å²) in [4.78, 5) is 4.12. The fourth-order valence-corrected chi connectivity index (χ4v) is 2.32. The quantitative estimate of drug-likeness (QED) is 0.820. The van der Waals surface area contributed by atoms with E-state index in [1.807, 2.05) is 30.3 Å². The smallest absolute Gasteiger partial charge is 0.129 e. The number of benzene rings is 1. The van der Waals surface area contributed by atoms with Crippen molar-refractivity contribution in [2.45, 2.75) is 6.54 Å². The molecule has 1 N–H and O–H groups in total. The molecule has 2 aromatic rings. The average Bonchev–Trinajstić information content (AvgIpc) is 2.30. The molecule has 0 saturated carbocycles. The number of nitrogens with zero attached hydrogens (tertiary/aromatic N) is 1. The van der Waals surface area contributed by atoms with Gasteiger partial charge in [0.15, 0.2) is 0 Å². The first-order valence-electron chi connectivity index (χ1n) is 4.96. The number of hydrogen-bond acceptors (Lipinski definition) is 2. The van der Waals surface area contributed by atoms with Gasteiger partial charge in [-0.2, -0.15) is 0 Å². The van der Waals surface area contributed by atoms with E-state index < -0.39 is 0 Å². The second kappa shape index (κ2) is 5.71. The Bertz CT molecular complexity index is 511. The normalized spacial score (nSPS) is 10.3. The summed E-state index contributed by atoms with van der Waals surface area (Å²) in [5.74, 6) is 0. The Labute approximate surface area is 118 Å². The lowest BCUT2D eigenvalue weighted by Gasteiger charge is -2.10. The van der Waals surface area contributed by atoms with E-state index in [2.05, 4.69) is 26.2 Å². The molecule has 0 saturated heterocycles. The van der Waals surface area contributed by atoms with Crippen molar-refractivity contribution in [3.63, 3.8) is 0 Å². The summed E-state index contributed by atoms with van der Waals surface area (Å²) in [6.45, 7) is 0.558. The predicted molar refractivity (Wildman–Crippen MR) is 75.7 cm³/mol. The number of halogens is 3. The van der Waals surface area contributed by atoms with E-state index in [4.69, 9.17) is 23.2 Å². The van der Waals surface area contributed by atoms with Crippen LogP contribution in [-0.4, -0.2) is 4.98 Å². The summed E-state index contributed by atoms with van der Waals surface area (Å²) in [6, 6.07) is 9.27. The Hall–Kier alpha value is -0.770. The molecule has 0 radical (unpaired) electrons. The monoisotopic (exact) mass is 330 g/mol. The molecule has 17 heavy (non-hydrogen) atoms. The maximum atomic E-state index is 6.08. The molecular formula is C12H9BrCl2N2. The third-order valence-electron chi connectivity index (χ3n) is 2.28. The first-order valence-corrected chi connectivity index (χ1v) is 6.50. The van der Waals surface area contributed by atoms with Crippen LogP contribution < -0.4 is 5.32 Å². The minimum absolute atomic E-state index is 0.558. The summed E-state index contributed by atoms with van der Waals surface area (Å²) in [6.07, 6.45) is 1.72. The highest BCUT2D eigenvalue weighted by Gasteiger charge is 2.06. The van der Waals surface area contributed by atoms with Crippen LogP contribution in [-0.2, 0) is 6.54 Å². The first kappa shape index (κ1) is 12.7. The van der Waals surface area contributed by atoms with Crippen molar-refractivity contribution in [2.75, 3.05) is 5.32 Å². The fourth-order valence-electron chi connectivity index (χ4n) is 1.40. The van der Waals surface area contributed by atoms with Gasteiger partial charge in [-0.25, -0.2) is 4.98 Å². The molecule has 1 heterocycles. The van der Waals surface area contributed by atoms with Gasteiger partial charge in [0, 0.05) is 28.4 Å². The summed E-state index contributed by atoms with van der Waals surface area (Å²) in [7, 11) is 0. The lowest BCUT2D eigenvalue weighted by atomic mass is 10.2. The van der Waals surface area contributed by atoms with E-state index in [1.165, 1.54) is 0 Å². The van der Waals surface area contributed by atoms with Crippen molar-refractivity contribution >= 4 is 44.8 Å². The van der Waals surface area contributed by atoms with Crippen LogP contribution in [0, 0.1) is 0 Å². The van der Waals surface area contributed by atoms with E-state index in [-0.39, 0.29) is 0 Å². The van der Waals surface area contributed by atoms with Crippen molar-refractivity contribution in [3.8, 4) is 0 Å². The minimum atomic E-state index is 0.558. The highest BCUT2D eigenvalue weighted by Crippen LogP contribution is 2.26. The highest BCUT2D eigenvalue weighted by molar-refractivity contribution is 9.10. The zero-order valence-electron chi connectivity index (χ0n) is 8.75. The van der Waals surface area contributed by atoms with Gasteiger partial charge in [-0.3, -0.25) is 0 Å². The number of rotatable bonds is 3. The Morgan fingerprint density at radius 2 is 1.82 bits per heavy atom. The van der Waals surface area contributed by atoms with Gasteiger partial charge in [-0.1, -0.05) is 29.3 Å². The Morgan fingerprint density at radius 1 is 1.12 bits per heavy atom. The van der Waals surface area contributed by atoms with Gasteiger partial charge in [-0.15, -0.1) is 0 Å². The molecule has 2 nitrogen and oxygen atoms in total. The van der Waals surface area contributed by atoms with Crippen molar-refractivity contribution in [3.05, 3.63) is 56.7 Å². The van der Waals surface area contributed by atoms with Crippen molar-refractivity contribution in [2.24, 2.45) is 0 Å². The molecule has 5 heteroatoms. The molecule has 88 valence electrons. The zero-order valence-corrected chi connectivity index (χ0v) is 11.9. The summed E-state index contributed by atoms with van der Waals surface area (Å²) < 4.78 is 0.767. The topological polar surface area (TPSA) is 24.9 Å². The van der Waals surface area contributed by atoms with E-state index >= 15 is 0 Å². The van der Waals surface area contributed by atoms with Gasteiger partial charge in [0.1, 0.15) is 4.60 Å². The van der Waals surface area contributed by atoms with Crippen LogP contribution in [0.15, 0.2) is 41.1 Å². The molecule has 0 amide bonds. The second-order valence-corrected chi connectivity index (χ2v) is 4.96. The van der Waals surface area contributed by atoms with E-state index in [0.717, 1.165) is 15.9 Å². The third-order valence-corrected chi connectivity index (χ3v) is 3.62. The molecule has 0 bridgehead atoms. The van der Waals surface area contributed by atoms with Crippen LogP contribution in [0.25, 0.3) is 0 Å². The van der Waals surface area contributed by atoms with Crippen molar-refractivity contribution < 1.29 is 0 Å². The van der Waals surface area contributed by atoms with E-state index in [1.54, 1.807) is 6.20 Å². The van der Waals surface area contributed by atoms with Crippen molar-refractivity contribution in [1.82, 2.24) is 4.98 Å². The number of anilines is 1. The molecule has 1 aromatic carbocycles. The molecular weight excluding hydrogens is 323 g/mol. The van der Waals surface area contributed by atoms with E-state index in [9.17, 15) is 0 Å². The van der Waals surface area contributed by atoms with Gasteiger partial charge in [-0.05, 0) is 40.2 Å². The molecule has 0 spiro atoms. The van der Waals surface area contributed by atoms with Gasteiger partial charge in [0.25, 0.3) is 0 Å². The second-order valence-electron chi connectivity index (χ2n) is 3.40. The summed E-state index contributed by atoms with van der Waals surface area (Å²) >= 11 is 15.5. The number of nitrogens with one attached hydrogen (secondary N) is 1. The molecule has 0 unspecified atom stereocenters. The van der Waals surface area contributed by atoms with Crippen LogP contribution >= 0.6 is 39.1 Å². The first-order chi connectivity index (χ1) is 8.18.